The van der Waals surface area contributed by atoms with Gasteiger partial charge in [-0.05, 0) is 100 Å². The van der Waals surface area contributed by atoms with E-state index >= 15 is 0 Å². The molecule has 1 saturated carbocycles. The zero-order valence-corrected chi connectivity index (χ0v) is 16.1. The summed E-state index contributed by atoms with van der Waals surface area (Å²) in [6, 6.07) is 10.8. The molecule has 3 nitrogen and oxygen atoms in total. The van der Waals surface area contributed by atoms with E-state index in [1.807, 2.05) is 12.1 Å². The molecule has 1 N–H and O–H groups in total. The second kappa shape index (κ2) is 7.30. The summed E-state index contributed by atoms with van der Waals surface area (Å²) >= 11 is 0. The minimum atomic E-state index is 0.0716. The molecule has 2 aliphatic carbocycles. The van der Waals surface area contributed by atoms with E-state index in [1.54, 1.807) is 0 Å². The van der Waals surface area contributed by atoms with Gasteiger partial charge in [0.2, 0.25) is 0 Å². The standard InChI is InChI=1S/C23H30N2O/c1-16-7-11-20(12-8-16)24-23(26)18-9-13-21(14-10-18)25-17(2)15-19-5-3-4-6-22(19)25/h9-10,13-16,20H,3-8,11-12H2,1-2H3,(H,24,26). The highest BCUT2D eigenvalue weighted by Crippen LogP contribution is 2.28. The predicted molar refractivity (Wildman–Crippen MR) is 106 cm³/mol. The van der Waals surface area contributed by atoms with E-state index in [1.165, 1.54) is 54.7 Å². The van der Waals surface area contributed by atoms with E-state index in [-0.39, 0.29) is 5.91 Å². The molecule has 1 aromatic heterocycles. The van der Waals surface area contributed by atoms with Crippen LogP contribution >= 0.6 is 0 Å². The Morgan fingerprint density at radius 1 is 1.04 bits per heavy atom. The van der Waals surface area contributed by atoms with Gasteiger partial charge in [-0.15, -0.1) is 0 Å². The zero-order valence-electron chi connectivity index (χ0n) is 16.1. The molecule has 0 spiro atoms. The molecule has 4 rings (SSSR count). The highest BCUT2D eigenvalue weighted by Gasteiger charge is 2.21. The average Bonchev–Trinajstić information content (AvgIpc) is 2.99. The fourth-order valence-electron chi connectivity index (χ4n) is 4.65. The van der Waals surface area contributed by atoms with Crippen molar-refractivity contribution in [2.75, 3.05) is 0 Å². The number of carbonyl (C=O) groups is 1. The summed E-state index contributed by atoms with van der Waals surface area (Å²) in [7, 11) is 0. The van der Waals surface area contributed by atoms with Crippen molar-refractivity contribution < 1.29 is 4.79 Å². The number of carbonyl (C=O) groups excluding carboxylic acids is 1. The molecule has 3 heteroatoms. The fourth-order valence-corrected chi connectivity index (χ4v) is 4.65. The number of fused-ring (bicyclic) bond motifs is 1. The maximum absolute atomic E-state index is 12.6. The summed E-state index contributed by atoms with van der Waals surface area (Å²) in [6.07, 6.45) is 9.60. The number of aromatic nitrogens is 1. The van der Waals surface area contributed by atoms with Crippen LogP contribution in [-0.4, -0.2) is 16.5 Å². The number of hydrogen-bond acceptors (Lipinski definition) is 1. The number of rotatable bonds is 3. The molecule has 1 fully saturated rings. The lowest BCUT2D eigenvalue weighted by molar-refractivity contribution is 0.0923. The molecule has 2 aliphatic rings. The highest BCUT2D eigenvalue weighted by atomic mass is 16.1. The van der Waals surface area contributed by atoms with Gasteiger partial charge in [0.25, 0.3) is 5.91 Å². The predicted octanol–water partition coefficient (Wildman–Crippen LogP) is 4.97. The summed E-state index contributed by atoms with van der Waals surface area (Å²) in [5.74, 6) is 0.875. The van der Waals surface area contributed by atoms with Crippen molar-refractivity contribution in [3.8, 4) is 5.69 Å². The topological polar surface area (TPSA) is 34.0 Å². The first-order valence-electron chi connectivity index (χ1n) is 10.2. The second-order valence-corrected chi connectivity index (χ2v) is 8.28. The van der Waals surface area contributed by atoms with Crippen LogP contribution in [0.4, 0.5) is 0 Å². The monoisotopic (exact) mass is 350 g/mol. The first-order chi connectivity index (χ1) is 12.6. The highest BCUT2D eigenvalue weighted by molar-refractivity contribution is 5.94. The Kier molecular flexibility index (Phi) is 4.88. The van der Waals surface area contributed by atoms with Gasteiger partial charge in [-0.2, -0.15) is 0 Å². The fraction of sp³-hybridized carbons (Fsp3) is 0.522. The number of amides is 1. The Morgan fingerprint density at radius 3 is 2.46 bits per heavy atom. The SMILES string of the molecule is Cc1cc2c(n1-c1ccc(C(=O)NC3CCC(C)CC3)cc1)CCCC2. The number of benzene rings is 1. The summed E-state index contributed by atoms with van der Waals surface area (Å²) < 4.78 is 2.37. The van der Waals surface area contributed by atoms with Gasteiger partial charge in [0, 0.05) is 28.7 Å². The van der Waals surface area contributed by atoms with E-state index in [0.717, 1.165) is 30.7 Å². The van der Waals surface area contributed by atoms with Crippen LogP contribution < -0.4 is 5.32 Å². The Morgan fingerprint density at radius 2 is 1.73 bits per heavy atom. The molecular formula is C23H30N2O. The van der Waals surface area contributed by atoms with Gasteiger partial charge in [-0.1, -0.05) is 6.92 Å². The molecule has 0 aliphatic heterocycles. The van der Waals surface area contributed by atoms with Gasteiger partial charge in [-0.25, -0.2) is 0 Å². The minimum Gasteiger partial charge on any atom is -0.349 e. The van der Waals surface area contributed by atoms with Crippen LogP contribution in [0.15, 0.2) is 30.3 Å². The Labute approximate surface area is 156 Å². The van der Waals surface area contributed by atoms with Crippen molar-refractivity contribution in [1.82, 2.24) is 9.88 Å². The Hall–Kier alpha value is -2.03. The van der Waals surface area contributed by atoms with Crippen molar-refractivity contribution in [3.63, 3.8) is 0 Å². The van der Waals surface area contributed by atoms with Crippen LogP contribution in [0, 0.1) is 12.8 Å². The van der Waals surface area contributed by atoms with Crippen LogP contribution in [0.25, 0.3) is 5.69 Å². The maximum Gasteiger partial charge on any atom is 0.251 e. The molecular weight excluding hydrogens is 320 g/mol. The van der Waals surface area contributed by atoms with E-state index in [9.17, 15) is 4.79 Å². The summed E-state index contributed by atoms with van der Waals surface area (Å²) in [5.41, 5.74) is 6.20. The Bertz CT molecular complexity index is 779. The molecule has 0 atom stereocenters. The van der Waals surface area contributed by atoms with Crippen LogP contribution in [0.2, 0.25) is 0 Å². The van der Waals surface area contributed by atoms with Crippen LogP contribution in [-0.2, 0) is 12.8 Å². The quantitative estimate of drug-likeness (QED) is 0.833. The molecule has 1 aromatic carbocycles. The first-order valence-corrected chi connectivity index (χ1v) is 10.2. The molecule has 0 saturated heterocycles. The van der Waals surface area contributed by atoms with Crippen LogP contribution in [0.5, 0.6) is 0 Å². The molecule has 0 bridgehead atoms. The second-order valence-electron chi connectivity index (χ2n) is 8.28. The summed E-state index contributed by atoms with van der Waals surface area (Å²) in [6.45, 7) is 4.49. The lowest BCUT2D eigenvalue weighted by atomic mass is 9.87. The van der Waals surface area contributed by atoms with Crippen molar-refractivity contribution in [2.24, 2.45) is 5.92 Å². The van der Waals surface area contributed by atoms with Crippen LogP contribution in [0.3, 0.4) is 0 Å². The number of hydrogen-bond donors (Lipinski definition) is 1. The lowest BCUT2D eigenvalue weighted by Gasteiger charge is -2.27. The normalized spacial score (nSPS) is 22.7. The largest absolute Gasteiger partial charge is 0.349 e. The van der Waals surface area contributed by atoms with Gasteiger partial charge in [0.05, 0.1) is 0 Å². The van der Waals surface area contributed by atoms with Gasteiger partial charge in [-0.3, -0.25) is 4.79 Å². The van der Waals surface area contributed by atoms with Crippen molar-refractivity contribution in [3.05, 3.63) is 52.8 Å². The molecule has 0 radical (unpaired) electrons. The van der Waals surface area contributed by atoms with E-state index in [4.69, 9.17) is 0 Å². The van der Waals surface area contributed by atoms with Crippen molar-refractivity contribution >= 4 is 5.91 Å². The van der Waals surface area contributed by atoms with Gasteiger partial charge < -0.3 is 9.88 Å². The summed E-state index contributed by atoms with van der Waals surface area (Å²) in [5, 5.41) is 3.23. The van der Waals surface area contributed by atoms with Gasteiger partial charge in [0.15, 0.2) is 0 Å². The van der Waals surface area contributed by atoms with Crippen molar-refractivity contribution in [2.45, 2.75) is 71.3 Å². The minimum absolute atomic E-state index is 0.0716. The molecule has 2 aromatic rings. The molecule has 1 amide bonds. The van der Waals surface area contributed by atoms with Crippen LogP contribution in [0.1, 0.15) is 72.8 Å². The first kappa shape index (κ1) is 17.4. The third-order valence-electron chi connectivity index (χ3n) is 6.22. The van der Waals surface area contributed by atoms with E-state index < -0.39 is 0 Å². The third kappa shape index (κ3) is 3.44. The molecule has 138 valence electrons. The third-order valence-corrected chi connectivity index (χ3v) is 6.22. The zero-order chi connectivity index (χ0) is 18.1. The maximum atomic E-state index is 12.6. The lowest BCUT2D eigenvalue weighted by Crippen LogP contribution is -2.37. The van der Waals surface area contributed by atoms with Gasteiger partial charge in [0.1, 0.15) is 0 Å². The van der Waals surface area contributed by atoms with E-state index in [2.05, 4.69) is 41.9 Å². The molecule has 26 heavy (non-hydrogen) atoms. The number of nitrogens with one attached hydrogen (secondary N) is 1. The number of aryl methyl sites for hydroxylation is 2. The summed E-state index contributed by atoms with van der Waals surface area (Å²) in [4.78, 5) is 12.6. The molecule has 1 heterocycles. The Balaban J connectivity index is 1.49. The number of nitrogens with zero attached hydrogens (tertiary/aromatic N) is 1. The van der Waals surface area contributed by atoms with Gasteiger partial charge >= 0.3 is 0 Å². The average molecular weight is 351 g/mol. The van der Waals surface area contributed by atoms with Crippen molar-refractivity contribution in [1.29, 1.82) is 0 Å². The smallest absolute Gasteiger partial charge is 0.251 e. The van der Waals surface area contributed by atoms with E-state index in [0.29, 0.717) is 6.04 Å². The molecule has 0 unspecified atom stereocenters.